The van der Waals surface area contributed by atoms with Crippen molar-refractivity contribution in [3.63, 3.8) is 0 Å². The predicted molar refractivity (Wildman–Crippen MR) is 174 cm³/mol. The van der Waals surface area contributed by atoms with Gasteiger partial charge in [0.25, 0.3) is 0 Å². The smallest absolute Gasteiger partial charge is 0.313 e. The number of methoxy groups -OCH3 is 1. The van der Waals surface area contributed by atoms with Crippen LogP contribution in [0.4, 0.5) is 0 Å². The van der Waals surface area contributed by atoms with Crippen molar-refractivity contribution < 1.29 is 38.5 Å². The number of carbonyl (C=O) groups is 4. The quantitative estimate of drug-likeness (QED) is 0.200. The molecule has 4 aliphatic heterocycles. The minimum Gasteiger partial charge on any atom is -0.455 e. The van der Waals surface area contributed by atoms with E-state index in [9.17, 15) is 24.3 Å². The van der Waals surface area contributed by atoms with E-state index < -0.39 is 47.7 Å². The fraction of sp³-hybridized carbons (Fsp3) is 0.611. The summed E-state index contributed by atoms with van der Waals surface area (Å²) in [7, 11) is 1.52. The molecule has 4 aliphatic rings. The molecule has 0 radical (unpaired) electrons. The molecular formula is C36H49N3O8. The largest absolute Gasteiger partial charge is 0.455 e. The van der Waals surface area contributed by atoms with E-state index in [0.717, 1.165) is 25.7 Å². The number of fused-ring (bicyclic) bond motifs is 2. The van der Waals surface area contributed by atoms with Crippen LogP contribution in [0.1, 0.15) is 70.0 Å². The highest BCUT2D eigenvalue weighted by Crippen LogP contribution is 2.53. The molecule has 7 atom stereocenters. The number of likely N-dealkylation sites (tertiary alicyclic amines) is 1. The van der Waals surface area contributed by atoms with Crippen molar-refractivity contribution in [3.05, 3.63) is 60.2 Å². The Balaban J connectivity index is 1.55. The van der Waals surface area contributed by atoms with Crippen molar-refractivity contribution in [1.82, 2.24) is 15.1 Å². The number of allylic oxidation sites excluding steroid dienone is 1. The Kier molecular flexibility index (Phi) is 11.9. The van der Waals surface area contributed by atoms with Crippen LogP contribution in [0.15, 0.2) is 54.6 Å². The highest BCUT2D eigenvalue weighted by atomic mass is 16.6. The van der Waals surface area contributed by atoms with Crippen molar-refractivity contribution in [2.24, 2.45) is 11.8 Å². The average molecular weight is 652 g/mol. The van der Waals surface area contributed by atoms with Crippen molar-refractivity contribution >= 4 is 23.7 Å². The van der Waals surface area contributed by atoms with E-state index in [0.29, 0.717) is 44.5 Å². The molecule has 0 aromatic heterocycles. The number of hydrogen-bond acceptors (Lipinski definition) is 8. The van der Waals surface area contributed by atoms with E-state index in [1.165, 1.54) is 7.11 Å². The summed E-state index contributed by atoms with van der Waals surface area (Å²) in [5.41, 5.74) is -0.682. The van der Waals surface area contributed by atoms with E-state index in [2.05, 4.69) is 12.2 Å². The molecule has 11 heteroatoms. The van der Waals surface area contributed by atoms with Crippen LogP contribution in [0.25, 0.3) is 0 Å². The van der Waals surface area contributed by atoms with Gasteiger partial charge in [-0.05, 0) is 31.2 Å². The summed E-state index contributed by atoms with van der Waals surface area (Å²) < 4.78 is 18.6. The number of cyclic esters (lactones) is 1. The molecule has 0 unspecified atom stereocenters. The fourth-order valence-corrected chi connectivity index (χ4v) is 7.47. The number of carbonyl (C=O) groups excluding carboxylic acids is 4. The first-order valence-electron chi connectivity index (χ1n) is 17.1. The van der Waals surface area contributed by atoms with Crippen LogP contribution in [0.5, 0.6) is 0 Å². The lowest BCUT2D eigenvalue weighted by atomic mass is 9.77. The van der Waals surface area contributed by atoms with Gasteiger partial charge in [-0.3, -0.25) is 19.2 Å². The minimum absolute atomic E-state index is 0.0995. The molecule has 1 aromatic carbocycles. The van der Waals surface area contributed by atoms with Crippen LogP contribution in [0, 0.1) is 11.8 Å². The number of aliphatic hydroxyl groups excluding tert-OH is 1. The molecule has 2 fully saturated rings. The van der Waals surface area contributed by atoms with Gasteiger partial charge in [0.2, 0.25) is 17.7 Å². The maximum absolute atomic E-state index is 14.6. The molecule has 0 aliphatic carbocycles. The van der Waals surface area contributed by atoms with E-state index in [-0.39, 0.29) is 37.4 Å². The zero-order valence-corrected chi connectivity index (χ0v) is 27.6. The van der Waals surface area contributed by atoms with Crippen molar-refractivity contribution in [1.29, 1.82) is 0 Å². The molecular weight excluding hydrogens is 602 g/mol. The second kappa shape index (κ2) is 16.0. The van der Waals surface area contributed by atoms with E-state index in [1.807, 2.05) is 42.5 Å². The van der Waals surface area contributed by atoms with Gasteiger partial charge >= 0.3 is 5.97 Å². The van der Waals surface area contributed by atoms with Gasteiger partial charge in [-0.1, -0.05) is 80.8 Å². The molecule has 256 valence electrons. The summed E-state index contributed by atoms with van der Waals surface area (Å²) in [6, 6.07) is 7.58. The molecule has 0 saturated carbocycles. The van der Waals surface area contributed by atoms with Crippen LogP contribution >= 0.6 is 0 Å². The summed E-state index contributed by atoms with van der Waals surface area (Å²) in [6.45, 7) is 3.57. The van der Waals surface area contributed by atoms with Crippen LogP contribution < -0.4 is 5.32 Å². The van der Waals surface area contributed by atoms with Crippen LogP contribution in [-0.4, -0.2) is 102 Å². The fourth-order valence-electron chi connectivity index (χ4n) is 7.47. The number of benzene rings is 1. The van der Waals surface area contributed by atoms with Gasteiger partial charge in [-0.15, -0.1) is 0 Å². The van der Waals surface area contributed by atoms with Gasteiger partial charge in [-0.25, -0.2) is 0 Å². The molecule has 11 nitrogen and oxygen atoms in total. The topological polar surface area (TPSA) is 135 Å². The first kappa shape index (κ1) is 34.8. The molecule has 47 heavy (non-hydrogen) atoms. The third-order valence-corrected chi connectivity index (χ3v) is 9.73. The minimum atomic E-state index is -1.36. The predicted octanol–water partition coefficient (Wildman–Crippen LogP) is 3.08. The Hall–Kier alpha value is -3.54. The average Bonchev–Trinajstić information content (AvgIpc) is 3.45. The zero-order valence-electron chi connectivity index (χ0n) is 27.6. The van der Waals surface area contributed by atoms with Crippen molar-refractivity contribution in [3.8, 4) is 0 Å². The monoisotopic (exact) mass is 651 g/mol. The second-order valence-corrected chi connectivity index (χ2v) is 12.9. The summed E-state index contributed by atoms with van der Waals surface area (Å²) in [6.07, 6.45) is 10.8. The number of esters is 1. The van der Waals surface area contributed by atoms with E-state index in [4.69, 9.17) is 14.2 Å². The highest BCUT2D eigenvalue weighted by Gasteiger charge is 2.71. The molecule has 1 spiro atoms. The summed E-state index contributed by atoms with van der Waals surface area (Å²) in [5, 5.41) is 12.2. The first-order valence-corrected chi connectivity index (χ1v) is 17.1. The van der Waals surface area contributed by atoms with Gasteiger partial charge in [0.1, 0.15) is 23.7 Å². The molecule has 5 rings (SSSR count). The molecule has 2 saturated heterocycles. The number of nitrogens with one attached hydrogen (secondary N) is 1. The Bertz CT molecular complexity index is 1320. The lowest BCUT2D eigenvalue weighted by Gasteiger charge is -2.35. The van der Waals surface area contributed by atoms with Gasteiger partial charge in [0.15, 0.2) is 0 Å². The normalized spacial score (nSPS) is 31.6. The Morgan fingerprint density at radius 1 is 1.00 bits per heavy atom. The Morgan fingerprint density at radius 3 is 2.53 bits per heavy atom. The number of hydrogen-bond donors (Lipinski definition) is 2. The number of amides is 3. The third-order valence-electron chi connectivity index (χ3n) is 9.73. The molecule has 4 heterocycles. The van der Waals surface area contributed by atoms with Gasteiger partial charge in [-0.2, -0.15) is 0 Å². The molecule has 0 bridgehead atoms. The molecule has 2 N–H and O–H groups in total. The molecule has 1 aromatic rings. The summed E-state index contributed by atoms with van der Waals surface area (Å²) in [4.78, 5) is 59.8. The zero-order chi connectivity index (χ0) is 33.4. The van der Waals surface area contributed by atoms with Crippen LogP contribution in [0.3, 0.4) is 0 Å². The number of rotatable bonds is 12. The van der Waals surface area contributed by atoms with Crippen molar-refractivity contribution in [2.45, 2.75) is 88.2 Å². The maximum Gasteiger partial charge on any atom is 0.313 e. The van der Waals surface area contributed by atoms with E-state index >= 15 is 0 Å². The lowest BCUT2D eigenvalue weighted by Crippen LogP contribution is -2.55. The lowest BCUT2D eigenvalue weighted by molar-refractivity contribution is -0.162. The standard InChI is InChI=1S/C36H49N3O8/c1-3-4-20-38-21-14-19-36-30(33(42)39(32(36)34(38)43)22-12-5-6-13-23-40)29-27(47-36)17-10-11-18-28(41)37-26(24-45-2)31(46-35(29)44)25-15-8-7-9-16-25/h7-10,14-17,19,26-27,29-32,40H,3-6,11-13,18,20-24H2,1-2H3,(H,37,41)/b17-10-/t26-,27-,29+,30+,31-,32-,36+/m0/s1. The Morgan fingerprint density at radius 2 is 1.79 bits per heavy atom. The van der Waals surface area contributed by atoms with Gasteiger partial charge < -0.3 is 34.4 Å². The number of nitrogens with zero attached hydrogens (tertiary/aromatic N) is 2. The highest BCUT2D eigenvalue weighted by molar-refractivity contribution is 5.99. The number of aliphatic hydroxyl groups is 1. The first-order chi connectivity index (χ1) is 22.9. The van der Waals surface area contributed by atoms with Crippen LogP contribution in [-0.2, 0) is 33.4 Å². The summed E-state index contributed by atoms with van der Waals surface area (Å²) >= 11 is 0. The second-order valence-electron chi connectivity index (χ2n) is 12.9. The van der Waals surface area contributed by atoms with Gasteiger partial charge in [0, 0.05) is 39.8 Å². The Labute approximate surface area is 277 Å². The van der Waals surface area contributed by atoms with Gasteiger partial charge in [0.05, 0.1) is 24.7 Å². The summed E-state index contributed by atoms with van der Waals surface area (Å²) in [5.74, 6) is -3.31. The van der Waals surface area contributed by atoms with E-state index in [1.54, 1.807) is 22.0 Å². The third kappa shape index (κ3) is 7.32. The molecule has 3 amide bonds. The van der Waals surface area contributed by atoms with Crippen LogP contribution in [0.2, 0.25) is 0 Å². The number of unbranched alkanes of at least 4 members (excludes halogenated alkanes) is 4. The maximum atomic E-state index is 14.6. The SMILES string of the molecule is CCCCN1CC=C[C@@]23O[C@H]4/C=C\CCC(=O)N[C@@H](COC)[C@H](c5ccccc5)OC(=O)[C@H]4[C@@H]2C(=O)N(CCCCCCO)[C@H]3C1=O. The number of ether oxygens (including phenoxy) is 3. The van der Waals surface area contributed by atoms with Crippen molar-refractivity contribution in [2.75, 3.05) is 40.0 Å².